The molecule has 0 radical (unpaired) electrons. The van der Waals surface area contributed by atoms with E-state index in [0.717, 1.165) is 53.9 Å². The summed E-state index contributed by atoms with van der Waals surface area (Å²) in [4.78, 5) is 14.0. The lowest BCUT2D eigenvalue weighted by atomic mass is 10.0. The van der Waals surface area contributed by atoms with Crippen molar-refractivity contribution < 1.29 is 9.13 Å². The van der Waals surface area contributed by atoms with Crippen molar-refractivity contribution in [1.29, 1.82) is 0 Å². The molecule has 4 aromatic rings. The number of nitrogens with one attached hydrogen (secondary N) is 1. The van der Waals surface area contributed by atoms with Crippen molar-refractivity contribution in [2.75, 3.05) is 50.6 Å². The first-order chi connectivity index (χ1) is 16.1. The number of fused-ring (bicyclic) bond motifs is 1. The first kappa shape index (κ1) is 21.2. The Morgan fingerprint density at radius 2 is 1.79 bits per heavy atom. The Morgan fingerprint density at radius 1 is 0.970 bits per heavy atom. The molecule has 7 heteroatoms. The molecular formula is C26H26FN5O. The first-order valence-corrected chi connectivity index (χ1v) is 11.0. The molecule has 33 heavy (non-hydrogen) atoms. The highest BCUT2D eigenvalue weighted by molar-refractivity contribution is 5.94. The maximum Gasteiger partial charge on any atom is 0.227 e. The maximum atomic E-state index is 14.3. The van der Waals surface area contributed by atoms with Gasteiger partial charge in [0.2, 0.25) is 5.95 Å². The molecule has 2 heterocycles. The van der Waals surface area contributed by atoms with Gasteiger partial charge >= 0.3 is 0 Å². The van der Waals surface area contributed by atoms with Gasteiger partial charge in [-0.15, -0.1) is 0 Å². The maximum absolute atomic E-state index is 14.3. The van der Waals surface area contributed by atoms with Crippen LogP contribution in [0.4, 0.5) is 21.7 Å². The molecule has 0 spiro atoms. The minimum atomic E-state index is -0.403. The number of rotatable bonds is 5. The number of hydrogen-bond acceptors (Lipinski definition) is 6. The van der Waals surface area contributed by atoms with Crippen LogP contribution < -0.4 is 15.0 Å². The van der Waals surface area contributed by atoms with Crippen molar-refractivity contribution in [2.45, 2.75) is 0 Å². The zero-order chi connectivity index (χ0) is 22.8. The number of para-hydroxylation sites is 1. The normalized spacial score (nSPS) is 14.5. The van der Waals surface area contributed by atoms with Crippen molar-refractivity contribution in [1.82, 2.24) is 14.9 Å². The van der Waals surface area contributed by atoms with Crippen molar-refractivity contribution in [3.05, 3.63) is 72.7 Å². The quantitative estimate of drug-likeness (QED) is 0.472. The molecule has 0 aliphatic carbocycles. The van der Waals surface area contributed by atoms with Gasteiger partial charge in [0.1, 0.15) is 0 Å². The predicted octanol–water partition coefficient (Wildman–Crippen LogP) is 4.94. The van der Waals surface area contributed by atoms with E-state index in [0.29, 0.717) is 5.95 Å². The van der Waals surface area contributed by atoms with E-state index >= 15 is 0 Å². The number of ether oxygens (including phenoxy) is 1. The lowest BCUT2D eigenvalue weighted by molar-refractivity contribution is 0.313. The van der Waals surface area contributed by atoms with Gasteiger partial charge in [-0.2, -0.15) is 0 Å². The van der Waals surface area contributed by atoms with Crippen LogP contribution in [0.2, 0.25) is 0 Å². The summed E-state index contributed by atoms with van der Waals surface area (Å²) in [5.74, 6) is 0.316. The van der Waals surface area contributed by atoms with Crippen LogP contribution in [0.15, 0.2) is 66.9 Å². The molecule has 1 N–H and O–H groups in total. The average Bonchev–Trinajstić information content (AvgIpc) is 2.84. The van der Waals surface area contributed by atoms with Crippen molar-refractivity contribution in [2.24, 2.45) is 0 Å². The third-order valence-corrected chi connectivity index (χ3v) is 6.04. The van der Waals surface area contributed by atoms with Crippen LogP contribution in [-0.2, 0) is 0 Å². The minimum absolute atomic E-state index is 0.219. The van der Waals surface area contributed by atoms with Crippen molar-refractivity contribution in [3.63, 3.8) is 0 Å². The fraction of sp³-hybridized carbons (Fsp3) is 0.231. The summed E-state index contributed by atoms with van der Waals surface area (Å²) in [6.45, 7) is 4.13. The van der Waals surface area contributed by atoms with Gasteiger partial charge in [0, 0.05) is 54.7 Å². The molecule has 168 valence electrons. The lowest BCUT2D eigenvalue weighted by Crippen LogP contribution is -2.44. The van der Waals surface area contributed by atoms with Gasteiger partial charge < -0.3 is 19.9 Å². The van der Waals surface area contributed by atoms with E-state index in [1.807, 2.05) is 36.4 Å². The number of hydrogen-bond donors (Lipinski definition) is 1. The second-order valence-electron chi connectivity index (χ2n) is 8.25. The number of likely N-dealkylation sites (N-methyl/N-ethyl adjacent to an activating group) is 1. The SMILES string of the molecule is COc1ccc(-c2cccc3cnc(Nc4cccc(N5CCN(C)CC5)c4)nc23)cc1F. The van der Waals surface area contributed by atoms with Crippen LogP contribution in [0.5, 0.6) is 5.75 Å². The van der Waals surface area contributed by atoms with Gasteiger partial charge in [0.05, 0.1) is 12.6 Å². The molecule has 3 aromatic carbocycles. The third kappa shape index (κ3) is 4.45. The van der Waals surface area contributed by atoms with E-state index in [9.17, 15) is 4.39 Å². The lowest BCUT2D eigenvalue weighted by Gasteiger charge is -2.34. The van der Waals surface area contributed by atoms with Gasteiger partial charge in [0.15, 0.2) is 11.6 Å². The molecule has 1 aliphatic heterocycles. The molecular weight excluding hydrogens is 417 g/mol. The average molecular weight is 444 g/mol. The van der Waals surface area contributed by atoms with Gasteiger partial charge in [-0.1, -0.05) is 30.3 Å². The zero-order valence-electron chi connectivity index (χ0n) is 18.8. The smallest absolute Gasteiger partial charge is 0.227 e. The summed E-state index contributed by atoms with van der Waals surface area (Å²) in [6.07, 6.45) is 1.79. The summed E-state index contributed by atoms with van der Waals surface area (Å²) >= 11 is 0. The van der Waals surface area contributed by atoms with Gasteiger partial charge in [-0.05, 0) is 42.9 Å². The highest BCUT2D eigenvalue weighted by Crippen LogP contribution is 2.31. The number of nitrogens with zero attached hydrogens (tertiary/aromatic N) is 4. The monoisotopic (exact) mass is 443 g/mol. The third-order valence-electron chi connectivity index (χ3n) is 6.04. The standard InChI is InChI=1S/C26H26FN5O/c1-31-11-13-32(14-12-31)21-7-4-6-20(16-21)29-26-28-17-19-5-3-8-22(25(19)30-26)18-9-10-24(33-2)23(27)15-18/h3-10,15-17H,11-14H2,1-2H3,(H,28,29,30). The molecule has 1 aliphatic rings. The Kier molecular flexibility index (Phi) is 5.79. The van der Waals surface area contributed by atoms with Gasteiger partial charge in [-0.3, -0.25) is 0 Å². The Balaban J connectivity index is 1.45. The summed E-state index contributed by atoms with van der Waals surface area (Å²) in [6, 6.07) is 19.1. The van der Waals surface area contributed by atoms with Crippen LogP contribution in [0.1, 0.15) is 0 Å². The number of piperazine rings is 1. The molecule has 1 saturated heterocycles. The van der Waals surface area contributed by atoms with Crippen LogP contribution >= 0.6 is 0 Å². The van der Waals surface area contributed by atoms with Crippen LogP contribution in [0.3, 0.4) is 0 Å². The summed E-state index contributed by atoms with van der Waals surface area (Å²) in [7, 11) is 3.61. The van der Waals surface area contributed by atoms with E-state index < -0.39 is 5.82 Å². The number of methoxy groups -OCH3 is 1. The highest BCUT2D eigenvalue weighted by atomic mass is 19.1. The Labute approximate surface area is 192 Å². The fourth-order valence-corrected chi connectivity index (χ4v) is 4.16. The van der Waals surface area contributed by atoms with Crippen molar-refractivity contribution in [3.8, 4) is 16.9 Å². The number of aromatic nitrogens is 2. The zero-order valence-corrected chi connectivity index (χ0v) is 18.8. The highest BCUT2D eigenvalue weighted by Gasteiger charge is 2.15. The Bertz CT molecular complexity index is 1290. The largest absolute Gasteiger partial charge is 0.494 e. The minimum Gasteiger partial charge on any atom is -0.494 e. The molecule has 0 amide bonds. The molecule has 6 nitrogen and oxygen atoms in total. The fourth-order valence-electron chi connectivity index (χ4n) is 4.16. The molecule has 1 aromatic heterocycles. The summed E-state index contributed by atoms with van der Waals surface area (Å²) in [5, 5.41) is 4.23. The molecule has 0 atom stereocenters. The second kappa shape index (κ2) is 9.03. The topological polar surface area (TPSA) is 53.5 Å². The molecule has 0 saturated carbocycles. The molecule has 0 unspecified atom stereocenters. The number of benzene rings is 3. The summed E-state index contributed by atoms with van der Waals surface area (Å²) < 4.78 is 19.4. The number of anilines is 3. The van der Waals surface area contributed by atoms with E-state index in [2.05, 4.69) is 39.3 Å². The Hall–Kier alpha value is -3.71. The van der Waals surface area contributed by atoms with Gasteiger partial charge in [-0.25, -0.2) is 14.4 Å². The molecule has 5 rings (SSSR count). The van der Waals surface area contributed by atoms with E-state index in [4.69, 9.17) is 9.72 Å². The van der Waals surface area contributed by atoms with E-state index in [1.165, 1.54) is 18.9 Å². The molecule has 0 bridgehead atoms. The van der Waals surface area contributed by atoms with Crippen LogP contribution in [0.25, 0.3) is 22.0 Å². The van der Waals surface area contributed by atoms with Gasteiger partial charge in [0.25, 0.3) is 0 Å². The second-order valence-corrected chi connectivity index (χ2v) is 8.25. The van der Waals surface area contributed by atoms with Crippen LogP contribution in [0, 0.1) is 5.82 Å². The van der Waals surface area contributed by atoms with E-state index in [1.54, 1.807) is 12.3 Å². The van der Waals surface area contributed by atoms with E-state index in [-0.39, 0.29) is 5.75 Å². The van der Waals surface area contributed by atoms with Crippen LogP contribution in [-0.4, -0.2) is 55.2 Å². The molecule has 1 fully saturated rings. The Morgan fingerprint density at radius 3 is 2.58 bits per heavy atom. The van der Waals surface area contributed by atoms with Crippen molar-refractivity contribution >= 4 is 28.2 Å². The predicted molar refractivity (Wildman–Crippen MR) is 131 cm³/mol. The summed E-state index contributed by atoms with van der Waals surface area (Å²) in [5.41, 5.74) is 4.45. The number of halogens is 1. The first-order valence-electron chi connectivity index (χ1n) is 11.0.